The number of hydrogen-bond acceptors (Lipinski definition) is 1. The Kier molecular flexibility index (Phi) is 6.16. The van der Waals surface area contributed by atoms with Gasteiger partial charge in [-0.25, -0.2) is 4.98 Å². The summed E-state index contributed by atoms with van der Waals surface area (Å²) in [6.45, 7) is 0. The molecule has 0 fully saturated rings. The van der Waals surface area contributed by atoms with Crippen LogP contribution in [0, 0.1) is 0 Å². The van der Waals surface area contributed by atoms with E-state index in [9.17, 15) is 0 Å². The fraction of sp³-hybridized carbons (Fsp3) is 0.0208. The third-order valence-corrected chi connectivity index (χ3v) is 10.5. The molecule has 10 rings (SSSR count). The van der Waals surface area contributed by atoms with E-state index in [4.69, 9.17) is 4.98 Å². The molecule has 0 atom stereocenters. The Bertz CT molecular complexity index is 2460. The molecule has 1 heterocycles. The predicted molar refractivity (Wildman–Crippen MR) is 202 cm³/mol. The summed E-state index contributed by atoms with van der Waals surface area (Å²) in [7, 11) is 0. The Morgan fingerprint density at radius 3 is 1.20 bits per heavy atom. The first kappa shape index (κ1) is 27.8. The van der Waals surface area contributed by atoms with Crippen LogP contribution in [-0.2, 0) is 5.41 Å². The highest BCUT2D eigenvalue weighted by atomic mass is 14.7. The van der Waals surface area contributed by atoms with Gasteiger partial charge in [-0.15, -0.1) is 0 Å². The summed E-state index contributed by atoms with van der Waals surface area (Å²) in [5.74, 6) is 0. The van der Waals surface area contributed by atoms with Crippen molar-refractivity contribution in [3.63, 3.8) is 0 Å². The maximum atomic E-state index is 5.24. The van der Waals surface area contributed by atoms with Crippen LogP contribution in [0.25, 0.3) is 67.0 Å². The maximum Gasteiger partial charge on any atom is 0.0725 e. The molecule has 49 heavy (non-hydrogen) atoms. The third kappa shape index (κ3) is 4.16. The molecule has 0 N–H and O–H groups in total. The quantitative estimate of drug-likeness (QED) is 0.191. The second kappa shape index (κ2) is 10.9. The topological polar surface area (TPSA) is 12.9 Å². The number of nitrogens with zero attached hydrogens (tertiary/aromatic N) is 1. The van der Waals surface area contributed by atoms with E-state index in [2.05, 4.69) is 188 Å². The van der Waals surface area contributed by atoms with E-state index in [1.165, 1.54) is 61.2 Å². The smallest absolute Gasteiger partial charge is 0.0725 e. The normalized spacial score (nSPS) is 13.1. The Morgan fingerprint density at radius 1 is 0.265 bits per heavy atom. The highest BCUT2D eigenvalue weighted by Gasteiger charge is 2.51. The molecule has 1 aromatic heterocycles. The molecule has 7 aromatic carbocycles. The van der Waals surface area contributed by atoms with Gasteiger partial charge in [-0.1, -0.05) is 170 Å². The highest BCUT2D eigenvalue weighted by Crippen LogP contribution is 2.63. The van der Waals surface area contributed by atoms with E-state index in [1.807, 2.05) is 0 Å². The molecule has 1 spiro atoms. The van der Waals surface area contributed by atoms with E-state index < -0.39 is 0 Å². The van der Waals surface area contributed by atoms with Gasteiger partial charge in [0.2, 0.25) is 0 Å². The number of pyridine rings is 1. The summed E-state index contributed by atoms with van der Waals surface area (Å²) >= 11 is 0. The average Bonchev–Trinajstić information content (AvgIpc) is 3.66. The lowest BCUT2D eigenvalue weighted by molar-refractivity contribution is 0.794. The SMILES string of the molecule is c1ccc(-c2ccc(-c3cc(-c4ccc5c(c4)C4(c6ccccc6-c6ccccc64)c4ccccc4-5)cc(-c4ccccc4)n3)cc2)cc1. The van der Waals surface area contributed by atoms with Gasteiger partial charge >= 0.3 is 0 Å². The summed E-state index contributed by atoms with van der Waals surface area (Å²) in [6.07, 6.45) is 0. The third-order valence-electron chi connectivity index (χ3n) is 10.5. The lowest BCUT2D eigenvalue weighted by Crippen LogP contribution is -2.25. The van der Waals surface area contributed by atoms with Gasteiger partial charge in [0.25, 0.3) is 0 Å². The highest BCUT2D eigenvalue weighted by molar-refractivity contribution is 5.96. The van der Waals surface area contributed by atoms with Gasteiger partial charge in [-0.3, -0.25) is 0 Å². The van der Waals surface area contributed by atoms with Crippen molar-refractivity contribution in [2.75, 3.05) is 0 Å². The first-order valence-corrected chi connectivity index (χ1v) is 17.0. The van der Waals surface area contributed by atoms with Crippen LogP contribution >= 0.6 is 0 Å². The minimum Gasteiger partial charge on any atom is -0.248 e. The zero-order valence-corrected chi connectivity index (χ0v) is 26.8. The van der Waals surface area contributed by atoms with Crippen LogP contribution in [0.5, 0.6) is 0 Å². The van der Waals surface area contributed by atoms with Crippen LogP contribution in [0.3, 0.4) is 0 Å². The molecular formula is C48H31N. The van der Waals surface area contributed by atoms with E-state index in [0.29, 0.717) is 0 Å². The van der Waals surface area contributed by atoms with Crippen LogP contribution in [0.2, 0.25) is 0 Å². The molecule has 0 saturated heterocycles. The van der Waals surface area contributed by atoms with Gasteiger partial charge in [0.15, 0.2) is 0 Å². The Hall–Kier alpha value is -6.31. The van der Waals surface area contributed by atoms with Crippen molar-refractivity contribution >= 4 is 0 Å². The molecule has 0 unspecified atom stereocenters. The minimum atomic E-state index is -0.374. The van der Waals surface area contributed by atoms with Crippen molar-refractivity contribution in [2.24, 2.45) is 0 Å². The second-order valence-corrected chi connectivity index (χ2v) is 13.1. The Balaban J connectivity index is 1.18. The molecule has 0 radical (unpaired) electrons. The van der Waals surface area contributed by atoms with E-state index in [0.717, 1.165) is 28.1 Å². The number of hydrogen-bond donors (Lipinski definition) is 0. The monoisotopic (exact) mass is 621 g/mol. The molecule has 0 bridgehead atoms. The number of aromatic nitrogens is 1. The van der Waals surface area contributed by atoms with Crippen molar-refractivity contribution in [1.82, 2.24) is 4.98 Å². The molecular weight excluding hydrogens is 591 g/mol. The summed E-state index contributed by atoms with van der Waals surface area (Å²) in [4.78, 5) is 5.24. The van der Waals surface area contributed by atoms with Crippen molar-refractivity contribution in [3.05, 3.63) is 210 Å². The second-order valence-electron chi connectivity index (χ2n) is 13.1. The summed E-state index contributed by atoms with van der Waals surface area (Å²) < 4.78 is 0. The van der Waals surface area contributed by atoms with Crippen molar-refractivity contribution in [1.29, 1.82) is 0 Å². The molecule has 0 aliphatic heterocycles. The first-order chi connectivity index (χ1) is 24.3. The van der Waals surface area contributed by atoms with E-state index >= 15 is 0 Å². The first-order valence-electron chi connectivity index (χ1n) is 17.0. The Labute approximate surface area is 286 Å². The van der Waals surface area contributed by atoms with Crippen LogP contribution in [0.15, 0.2) is 188 Å². The molecule has 1 heteroatoms. The average molecular weight is 622 g/mol. The van der Waals surface area contributed by atoms with Gasteiger partial charge in [-0.2, -0.15) is 0 Å². The minimum absolute atomic E-state index is 0.374. The standard InChI is InChI=1S/C48H31N/c1-3-13-32(14-4-1)33-23-25-35(26-24-33)47-31-37(30-46(49-47)34-15-5-2-6-16-34)36-27-28-41-40-19-9-12-22-44(40)48(45(41)29-36)42-20-10-7-17-38(42)39-18-8-11-21-43(39)48/h1-31H. The molecule has 2 aliphatic rings. The predicted octanol–water partition coefficient (Wildman–Crippen LogP) is 12.1. The lowest BCUT2D eigenvalue weighted by atomic mass is 9.70. The van der Waals surface area contributed by atoms with Gasteiger partial charge in [0, 0.05) is 11.1 Å². The molecule has 0 amide bonds. The van der Waals surface area contributed by atoms with Crippen LogP contribution in [-0.4, -0.2) is 4.98 Å². The number of fused-ring (bicyclic) bond motifs is 10. The fourth-order valence-electron chi connectivity index (χ4n) is 8.34. The number of benzene rings is 7. The summed E-state index contributed by atoms with van der Waals surface area (Å²) in [6, 6.07) is 68.5. The van der Waals surface area contributed by atoms with Gasteiger partial charge in [0.1, 0.15) is 0 Å². The number of rotatable bonds is 4. The van der Waals surface area contributed by atoms with Gasteiger partial charge in [0.05, 0.1) is 16.8 Å². The van der Waals surface area contributed by atoms with Crippen molar-refractivity contribution in [2.45, 2.75) is 5.41 Å². The van der Waals surface area contributed by atoms with Crippen molar-refractivity contribution < 1.29 is 0 Å². The molecule has 8 aromatic rings. The molecule has 228 valence electrons. The van der Waals surface area contributed by atoms with Gasteiger partial charge < -0.3 is 0 Å². The fourth-order valence-corrected chi connectivity index (χ4v) is 8.34. The zero-order chi connectivity index (χ0) is 32.4. The van der Waals surface area contributed by atoms with Crippen LogP contribution in [0.4, 0.5) is 0 Å². The van der Waals surface area contributed by atoms with Crippen molar-refractivity contribution in [3.8, 4) is 67.0 Å². The van der Waals surface area contributed by atoms with E-state index in [1.54, 1.807) is 0 Å². The summed E-state index contributed by atoms with van der Waals surface area (Å²) in [5.41, 5.74) is 19.2. The van der Waals surface area contributed by atoms with Crippen LogP contribution in [0.1, 0.15) is 22.3 Å². The van der Waals surface area contributed by atoms with Crippen LogP contribution < -0.4 is 0 Å². The van der Waals surface area contributed by atoms with Gasteiger partial charge in [-0.05, 0) is 85.0 Å². The maximum absolute atomic E-state index is 5.24. The molecule has 0 saturated carbocycles. The van der Waals surface area contributed by atoms with E-state index in [-0.39, 0.29) is 5.41 Å². The molecule has 1 nitrogen and oxygen atoms in total. The lowest BCUT2D eigenvalue weighted by Gasteiger charge is -2.30. The largest absolute Gasteiger partial charge is 0.248 e. The zero-order valence-electron chi connectivity index (χ0n) is 26.8. The molecule has 2 aliphatic carbocycles. The summed E-state index contributed by atoms with van der Waals surface area (Å²) in [5, 5.41) is 0. The Morgan fingerprint density at radius 2 is 0.653 bits per heavy atom.